The third-order valence-electron chi connectivity index (χ3n) is 3.78. The highest BCUT2D eigenvalue weighted by molar-refractivity contribution is 6.05. The third kappa shape index (κ3) is 4.00. The maximum Gasteiger partial charge on any atom is 0.355 e. The van der Waals surface area contributed by atoms with Gasteiger partial charge in [0.2, 0.25) is 0 Å². The molecule has 0 bridgehead atoms. The number of methoxy groups -OCH3 is 2. The highest BCUT2D eigenvalue weighted by Gasteiger charge is 2.28. The van der Waals surface area contributed by atoms with Crippen LogP contribution in [-0.2, 0) is 30.3 Å². The lowest BCUT2D eigenvalue weighted by molar-refractivity contribution is -0.139. The molecule has 1 aliphatic heterocycles. The van der Waals surface area contributed by atoms with Crippen molar-refractivity contribution < 1.29 is 29.0 Å². The predicted octanol–water partition coefficient (Wildman–Crippen LogP) is 2.11. The molecule has 0 amide bonds. The Morgan fingerprint density at radius 2 is 1.77 bits per heavy atom. The zero-order chi connectivity index (χ0) is 19.3. The molecule has 0 aliphatic carbocycles. The van der Waals surface area contributed by atoms with Crippen LogP contribution in [0.3, 0.4) is 0 Å². The highest BCUT2D eigenvalue weighted by atomic mass is 16.5. The van der Waals surface area contributed by atoms with Gasteiger partial charge < -0.3 is 19.5 Å². The van der Waals surface area contributed by atoms with Gasteiger partial charge in [0, 0.05) is 11.9 Å². The van der Waals surface area contributed by atoms with Crippen LogP contribution in [0.5, 0.6) is 0 Å². The van der Waals surface area contributed by atoms with Gasteiger partial charge in [0.25, 0.3) is 0 Å². The summed E-state index contributed by atoms with van der Waals surface area (Å²) in [6.45, 7) is 1.82. The van der Waals surface area contributed by atoms with Gasteiger partial charge in [-0.2, -0.15) is 0 Å². The molecular weight excluding hydrogens is 338 g/mol. The number of carboxylic acids is 1. The van der Waals surface area contributed by atoms with Crippen LogP contribution in [0.4, 0.5) is 5.69 Å². The van der Waals surface area contributed by atoms with Crippen LogP contribution in [0, 0.1) is 6.92 Å². The molecule has 0 fully saturated rings. The van der Waals surface area contributed by atoms with Crippen LogP contribution in [0.15, 0.2) is 53.9 Å². The van der Waals surface area contributed by atoms with Crippen LogP contribution in [0.1, 0.15) is 11.1 Å². The second-order valence-corrected chi connectivity index (χ2v) is 5.51. The topological polar surface area (TPSA) is 93.1 Å². The Morgan fingerprint density at radius 1 is 1.08 bits per heavy atom. The molecule has 0 aromatic heterocycles. The van der Waals surface area contributed by atoms with Crippen molar-refractivity contribution in [1.29, 1.82) is 0 Å². The van der Waals surface area contributed by atoms with Crippen molar-refractivity contribution >= 4 is 23.6 Å². The number of carbonyl (C=O) groups is 3. The summed E-state index contributed by atoms with van der Waals surface area (Å²) in [6.07, 6.45) is 6.16. The van der Waals surface area contributed by atoms with Crippen LogP contribution in [0.25, 0.3) is 0 Å². The van der Waals surface area contributed by atoms with E-state index in [0.717, 1.165) is 5.56 Å². The summed E-state index contributed by atoms with van der Waals surface area (Å²) < 4.78 is 9.62. The maximum atomic E-state index is 12.4. The number of allylic oxidation sites excluding steroid dienone is 2. The number of ether oxygens (including phenoxy) is 2. The van der Waals surface area contributed by atoms with Gasteiger partial charge in [0.1, 0.15) is 5.70 Å². The lowest BCUT2D eigenvalue weighted by Gasteiger charge is -2.25. The second kappa shape index (κ2) is 8.15. The molecule has 7 heteroatoms. The van der Waals surface area contributed by atoms with Crippen molar-refractivity contribution in [3.63, 3.8) is 0 Å². The van der Waals surface area contributed by atoms with Crippen molar-refractivity contribution in [2.24, 2.45) is 0 Å². The molecule has 1 aromatic rings. The van der Waals surface area contributed by atoms with Crippen LogP contribution >= 0.6 is 0 Å². The number of carbonyl (C=O) groups excluding carboxylic acids is 2. The van der Waals surface area contributed by atoms with Crippen molar-refractivity contribution in [2.75, 3.05) is 19.1 Å². The van der Waals surface area contributed by atoms with Crippen LogP contribution in [0.2, 0.25) is 0 Å². The molecule has 1 N–H and O–H groups in total. The van der Waals surface area contributed by atoms with E-state index in [0.29, 0.717) is 11.3 Å². The van der Waals surface area contributed by atoms with E-state index in [-0.39, 0.29) is 17.7 Å². The van der Waals surface area contributed by atoms with E-state index in [1.807, 2.05) is 6.92 Å². The number of aryl methyl sites for hydroxylation is 1. The predicted molar refractivity (Wildman–Crippen MR) is 94.3 cm³/mol. The molecule has 0 radical (unpaired) electrons. The molecule has 2 rings (SSSR count). The zero-order valence-corrected chi connectivity index (χ0v) is 14.7. The summed E-state index contributed by atoms with van der Waals surface area (Å²) in [6, 6.07) is 5.12. The number of nitrogens with zero attached hydrogens (tertiary/aromatic N) is 1. The molecule has 0 saturated heterocycles. The molecule has 136 valence electrons. The van der Waals surface area contributed by atoms with E-state index in [1.54, 1.807) is 36.6 Å². The Labute approximate surface area is 150 Å². The van der Waals surface area contributed by atoms with Gasteiger partial charge in [-0.1, -0.05) is 18.2 Å². The number of hydrogen-bond donors (Lipinski definition) is 1. The number of benzene rings is 1. The summed E-state index contributed by atoms with van der Waals surface area (Å²) >= 11 is 0. The van der Waals surface area contributed by atoms with E-state index in [2.05, 4.69) is 0 Å². The zero-order valence-electron chi connectivity index (χ0n) is 14.7. The minimum Gasteiger partial charge on any atom is -0.481 e. The number of anilines is 1. The Kier molecular flexibility index (Phi) is 5.95. The largest absolute Gasteiger partial charge is 0.481 e. The molecule has 1 heterocycles. The van der Waals surface area contributed by atoms with Gasteiger partial charge in [-0.05, 0) is 36.3 Å². The molecule has 1 aromatic carbocycles. The smallest absolute Gasteiger partial charge is 0.355 e. The lowest BCUT2D eigenvalue weighted by Crippen LogP contribution is -2.27. The number of hydrogen-bond acceptors (Lipinski definition) is 6. The van der Waals surface area contributed by atoms with Gasteiger partial charge >= 0.3 is 17.9 Å². The summed E-state index contributed by atoms with van der Waals surface area (Å²) in [5.74, 6) is -2.37. The molecule has 0 saturated carbocycles. The van der Waals surface area contributed by atoms with Gasteiger partial charge in [0.15, 0.2) is 0 Å². The monoisotopic (exact) mass is 357 g/mol. The van der Waals surface area contributed by atoms with E-state index < -0.39 is 17.9 Å². The van der Waals surface area contributed by atoms with Crippen LogP contribution < -0.4 is 4.90 Å². The molecule has 0 unspecified atom stereocenters. The third-order valence-corrected chi connectivity index (χ3v) is 3.78. The molecule has 26 heavy (non-hydrogen) atoms. The molecule has 1 aliphatic rings. The Balaban J connectivity index is 2.67. The molecule has 0 spiro atoms. The van der Waals surface area contributed by atoms with Crippen LogP contribution in [-0.4, -0.2) is 37.2 Å². The highest BCUT2D eigenvalue weighted by Crippen LogP contribution is 2.30. The SMILES string of the molecule is COC(=O)C1=C(C(=O)OC)N(c2cc(CC(=O)O)ccc2C)C=CC=C1. The average Bonchev–Trinajstić information content (AvgIpc) is 2.84. The van der Waals surface area contributed by atoms with Gasteiger partial charge in [-0.25, -0.2) is 9.59 Å². The number of rotatable bonds is 5. The van der Waals surface area contributed by atoms with Crippen molar-refractivity contribution in [3.8, 4) is 0 Å². The van der Waals surface area contributed by atoms with Crippen molar-refractivity contribution in [1.82, 2.24) is 0 Å². The molecular formula is C19H19NO6. The first-order valence-corrected chi connectivity index (χ1v) is 7.75. The van der Waals surface area contributed by atoms with Gasteiger partial charge in [-0.15, -0.1) is 0 Å². The summed E-state index contributed by atoms with van der Waals surface area (Å²) in [5.41, 5.74) is 1.93. The first kappa shape index (κ1) is 19.0. The average molecular weight is 357 g/mol. The first-order chi connectivity index (χ1) is 12.4. The molecule has 7 nitrogen and oxygen atoms in total. The normalized spacial score (nSPS) is 13.4. The number of aliphatic carboxylic acids is 1. The summed E-state index contributed by atoms with van der Waals surface area (Å²) in [4.78, 5) is 37.1. The van der Waals surface area contributed by atoms with E-state index in [1.165, 1.54) is 25.2 Å². The number of carboxylic acid groups (broad SMARTS) is 1. The van der Waals surface area contributed by atoms with E-state index >= 15 is 0 Å². The summed E-state index contributed by atoms with van der Waals surface area (Å²) in [5, 5.41) is 9.03. The fourth-order valence-electron chi connectivity index (χ4n) is 2.55. The standard InChI is InChI=1S/C19H19NO6/c1-12-7-8-13(11-16(21)22)10-15(12)20-9-5-4-6-14(18(23)25-2)17(20)19(24)26-3/h4-10H,11H2,1-3H3,(H,21,22). The van der Waals surface area contributed by atoms with E-state index in [4.69, 9.17) is 14.6 Å². The van der Waals surface area contributed by atoms with Gasteiger partial charge in [-0.3, -0.25) is 4.79 Å². The molecule has 0 atom stereocenters. The quantitative estimate of drug-likeness (QED) is 0.807. The lowest BCUT2D eigenvalue weighted by atomic mass is 10.1. The Morgan fingerprint density at radius 3 is 2.38 bits per heavy atom. The fraction of sp³-hybridized carbons (Fsp3) is 0.211. The number of esters is 2. The van der Waals surface area contributed by atoms with Crippen molar-refractivity contribution in [3.05, 3.63) is 65.0 Å². The van der Waals surface area contributed by atoms with Gasteiger partial charge in [0.05, 0.1) is 26.2 Å². The van der Waals surface area contributed by atoms with Crippen molar-refractivity contribution in [2.45, 2.75) is 13.3 Å². The van der Waals surface area contributed by atoms with E-state index in [9.17, 15) is 14.4 Å². The fourth-order valence-corrected chi connectivity index (χ4v) is 2.55. The Bertz CT molecular complexity index is 834. The first-order valence-electron chi connectivity index (χ1n) is 7.75. The maximum absolute atomic E-state index is 12.4. The Hall–Kier alpha value is -3.35. The summed E-state index contributed by atoms with van der Waals surface area (Å²) in [7, 11) is 2.44. The minimum atomic E-state index is -0.966. The second-order valence-electron chi connectivity index (χ2n) is 5.51. The minimum absolute atomic E-state index is 0.0140.